The van der Waals surface area contributed by atoms with Crippen molar-refractivity contribution in [3.8, 4) is 0 Å². The van der Waals surface area contributed by atoms with Crippen LogP contribution in [0.25, 0.3) is 0 Å². The Labute approximate surface area is 107 Å². The van der Waals surface area contributed by atoms with E-state index in [4.69, 9.17) is 0 Å². The van der Waals surface area contributed by atoms with Gasteiger partial charge in [0.2, 0.25) is 5.91 Å². The van der Waals surface area contributed by atoms with Crippen LogP contribution < -0.4 is 5.32 Å². The lowest BCUT2D eigenvalue weighted by molar-refractivity contribution is -0.120. The van der Waals surface area contributed by atoms with Crippen molar-refractivity contribution in [2.24, 2.45) is 0 Å². The summed E-state index contributed by atoms with van der Waals surface area (Å²) in [6.45, 7) is 4.24. The zero-order valence-electron chi connectivity index (χ0n) is 10.2. The minimum atomic E-state index is -0.419. The molecule has 0 aliphatic heterocycles. The molecule has 0 saturated carbocycles. The highest BCUT2D eigenvalue weighted by molar-refractivity contribution is 7.80. The Bertz CT molecular complexity index is 393. The molecule has 0 aliphatic carbocycles. The quantitative estimate of drug-likeness (QED) is 0.778. The predicted molar refractivity (Wildman–Crippen MR) is 70.9 cm³/mol. The van der Waals surface area contributed by atoms with Crippen LogP contribution in [0.5, 0.6) is 0 Å². The van der Waals surface area contributed by atoms with Crippen LogP contribution in [-0.2, 0) is 10.2 Å². The number of amides is 1. The smallest absolute Gasteiger partial charge is 0.220 e. The van der Waals surface area contributed by atoms with Crippen LogP contribution in [0.15, 0.2) is 24.3 Å². The van der Waals surface area contributed by atoms with Gasteiger partial charge in [0.1, 0.15) is 5.82 Å². The second kappa shape index (κ2) is 6.05. The molecule has 1 aromatic rings. The summed E-state index contributed by atoms with van der Waals surface area (Å²) < 4.78 is 13.6. The Morgan fingerprint density at radius 2 is 2.06 bits per heavy atom. The first-order chi connectivity index (χ1) is 7.97. The third-order valence-electron chi connectivity index (χ3n) is 2.67. The molecule has 17 heavy (non-hydrogen) atoms. The lowest BCUT2D eigenvalue weighted by Crippen LogP contribution is -2.37. The first-order valence-corrected chi connectivity index (χ1v) is 6.23. The number of hydrogen-bond donors (Lipinski definition) is 2. The number of hydrogen-bond acceptors (Lipinski definition) is 2. The molecular formula is C13H18FNOS. The third-order valence-corrected chi connectivity index (χ3v) is 2.89. The van der Waals surface area contributed by atoms with Gasteiger partial charge >= 0.3 is 0 Å². The summed E-state index contributed by atoms with van der Waals surface area (Å²) in [6, 6.07) is 6.65. The van der Waals surface area contributed by atoms with Gasteiger partial charge in [0.25, 0.3) is 0 Å². The largest absolute Gasteiger partial charge is 0.355 e. The molecular weight excluding hydrogens is 237 g/mol. The van der Waals surface area contributed by atoms with Gasteiger partial charge in [0.15, 0.2) is 0 Å². The van der Waals surface area contributed by atoms with E-state index in [1.54, 1.807) is 18.2 Å². The van der Waals surface area contributed by atoms with Crippen LogP contribution in [0.3, 0.4) is 0 Å². The molecule has 2 nitrogen and oxygen atoms in total. The molecule has 1 rings (SSSR count). The number of carbonyl (C=O) groups is 1. The molecule has 94 valence electrons. The van der Waals surface area contributed by atoms with Crippen molar-refractivity contribution in [1.82, 2.24) is 5.32 Å². The molecule has 0 unspecified atom stereocenters. The molecule has 0 aliphatic rings. The highest BCUT2D eigenvalue weighted by Crippen LogP contribution is 2.24. The van der Waals surface area contributed by atoms with Crippen molar-refractivity contribution in [3.63, 3.8) is 0 Å². The van der Waals surface area contributed by atoms with E-state index in [0.29, 0.717) is 24.3 Å². The maximum atomic E-state index is 13.6. The summed E-state index contributed by atoms with van der Waals surface area (Å²) in [5.74, 6) is 0.233. The molecule has 1 N–H and O–H groups in total. The Balaban J connectivity index is 2.69. The van der Waals surface area contributed by atoms with Crippen molar-refractivity contribution in [2.45, 2.75) is 25.7 Å². The van der Waals surface area contributed by atoms with E-state index in [-0.39, 0.29) is 11.7 Å². The summed E-state index contributed by atoms with van der Waals surface area (Å²) in [6.07, 6.45) is 0.385. The summed E-state index contributed by atoms with van der Waals surface area (Å²) in [4.78, 5) is 11.4. The average molecular weight is 255 g/mol. The van der Waals surface area contributed by atoms with E-state index in [1.165, 1.54) is 6.07 Å². The Morgan fingerprint density at radius 1 is 1.41 bits per heavy atom. The number of benzene rings is 1. The number of rotatable bonds is 5. The fraction of sp³-hybridized carbons (Fsp3) is 0.462. The third kappa shape index (κ3) is 4.04. The Hall–Kier alpha value is -1.03. The van der Waals surface area contributed by atoms with Gasteiger partial charge in [-0.3, -0.25) is 4.79 Å². The maximum Gasteiger partial charge on any atom is 0.220 e. The number of thiol groups is 1. The van der Waals surface area contributed by atoms with Crippen LogP contribution in [0.2, 0.25) is 0 Å². The van der Waals surface area contributed by atoms with Crippen molar-refractivity contribution in [3.05, 3.63) is 35.6 Å². The fourth-order valence-corrected chi connectivity index (χ4v) is 1.82. The van der Waals surface area contributed by atoms with E-state index >= 15 is 0 Å². The van der Waals surface area contributed by atoms with Crippen molar-refractivity contribution in [1.29, 1.82) is 0 Å². The van der Waals surface area contributed by atoms with Gasteiger partial charge in [-0.1, -0.05) is 32.0 Å². The Morgan fingerprint density at radius 3 is 2.65 bits per heavy atom. The zero-order chi connectivity index (χ0) is 12.9. The lowest BCUT2D eigenvalue weighted by Gasteiger charge is -2.26. The monoisotopic (exact) mass is 255 g/mol. The normalized spacial score (nSPS) is 11.3. The van der Waals surface area contributed by atoms with Gasteiger partial charge in [0, 0.05) is 18.4 Å². The molecule has 1 aromatic carbocycles. The summed E-state index contributed by atoms with van der Waals surface area (Å²) >= 11 is 3.99. The molecule has 0 fully saturated rings. The number of nitrogens with one attached hydrogen (secondary N) is 1. The Kier molecular flexibility index (Phi) is 5.00. The molecule has 0 heterocycles. The van der Waals surface area contributed by atoms with Gasteiger partial charge in [-0.2, -0.15) is 12.6 Å². The van der Waals surface area contributed by atoms with Gasteiger partial charge < -0.3 is 5.32 Å². The lowest BCUT2D eigenvalue weighted by atomic mass is 9.84. The van der Waals surface area contributed by atoms with Crippen LogP contribution in [0.4, 0.5) is 4.39 Å². The first-order valence-electron chi connectivity index (χ1n) is 5.60. The molecule has 4 heteroatoms. The van der Waals surface area contributed by atoms with Crippen molar-refractivity contribution >= 4 is 18.5 Å². The van der Waals surface area contributed by atoms with Gasteiger partial charge in [-0.15, -0.1) is 0 Å². The van der Waals surface area contributed by atoms with Crippen molar-refractivity contribution in [2.75, 3.05) is 12.3 Å². The summed E-state index contributed by atoms with van der Waals surface area (Å²) in [7, 11) is 0. The number of halogens is 1. The van der Waals surface area contributed by atoms with E-state index in [0.717, 1.165) is 0 Å². The zero-order valence-corrected chi connectivity index (χ0v) is 11.1. The second-order valence-electron chi connectivity index (χ2n) is 4.61. The summed E-state index contributed by atoms with van der Waals surface area (Å²) in [5, 5.41) is 2.80. The molecule has 1 amide bonds. The standard InChI is InChI=1S/C13H18FNOS/c1-13(2,9-15-12(16)7-8-17)10-5-3-4-6-11(10)14/h3-6,17H,7-9H2,1-2H3,(H,15,16). The van der Waals surface area contributed by atoms with E-state index in [2.05, 4.69) is 17.9 Å². The minimum absolute atomic E-state index is 0.0515. The van der Waals surface area contributed by atoms with Crippen molar-refractivity contribution < 1.29 is 9.18 Å². The van der Waals surface area contributed by atoms with Crippen LogP contribution in [0, 0.1) is 5.82 Å². The van der Waals surface area contributed by atoms with Crippen LogP contribution in [-0.4, -0.2) is 18.2 Å². The average Bonchev–Trinajstić information content (AvgIpc) is 2.27. The molecule has 0 spiro atoms. The summed E-state index contributed by atoms with van der Waals surface area (Å²) in [5.41, 5.74) is 0.198. The van der Waals surface area contributed by atoms with Gasteiger partial charge in [0.05, 0.1) is 0 Å². The molecule has 0 saturated heterocycles. The second-order valence-corrected chi connectivity index (χ2v) is 5.06. The fourth-order valence-electron chi connectivity index (χ4n) is 1.61. The van der Waals surface area contributed by atoms with Crippen LogP contribution >= 0.6 is 12.6 Å². The van der Waals surface area contributed by atoms with E-state index < -0.39 is 5.41 Å². The molecule has 0 bridgehead atoms. The SMILES string of the molecule is CC(C)(CNC(=O)CCS)c1ccccc1F. The molecule has 0 atom stereocenters. The van der Waals surface area contributed by atoms with Crippen LogP contribution in [0.1, 0.15) is 25.8 Å². The maximum absolute atomic E-state index is 13.6. The molecule has 0 radical (unpaired) electrons. The number of carbonyl (C=O) groups excluding carboxylic acids is 1. The minimum Gasteiger partial charge on any atom is -0.355 e. The topological polar surface area (TPSA) is 29.1 Å². The highest BCUT2D eigenvalue weighted by Gasteiger charge is 2.24. The molecule has 0 aromatic heterocycles. The predicted octanol–water partition coefficient (Wildman–Crippen LogP) is 2.54. The van der Waals surface area contributed by atoms with Gasteiger partial charge in [-0.05, 0) is 17.4 Å². The first kappa shape index (κ1) is 14.0. The van der Waals surface area contributed by atoms with E-state index in [1.807, 2.05) is 13.8 Å². The van der Waals surface area contributed by atoms with E-state index in [9.17, 15) is 9.18 Å². The van der Waals surface area contributed by atoms with Gasteiger partial charge in [-0.25, -0.2) is 4.39 Å². The highest BCUT2D eigenvalue weighted by atomic mass is 32.1.